The lowest BCUT2D eigenvalue weighted by atomic mass is 10.1. The summed E-state index contributed by atoms with van der Waals surface area (Å²) < 4.78 is 13.3. The highest BCUT2D eigenvalue weighted by Gasteiger charge is 2.23. The third-order valence-electron chi connectivity index (χ3n) is 2.78. The molecule has 1 unspecified atom stereocenters. The van der Waals surface area contributed by atoms with Crippen LogP contribution in [0.3, 0.4) is 0 Å². The first-order chi connectivity index (χ1) is 9.99. The van der Waals surface area contributed by atoms with Crippen LogP contribution in [0.1, 0.15) is 16.1 Å². The Hall–Kier alpha value is -2.41. The van der Waals surface area contributed by atoms with Gasteiger partial charge in [0.2, 0.25) is 0 Å². The number of aromatic amines is 1. The number of benzene rings is 1. The van der Waals surface area contributed by atoms with Crippen molar-refractivity contribution in [1.29, 1.82) is 0 Å². The molecule has 0 spiro atoms. The number of aliphatic carboxylic acids is 1. The molecule has 1 heterocycles. The van der Waals surface area contributed by atoms with E-state index < -0.39 is 23.7 Å². The average Bonchev–Trinajstić information content (AvgIpc) is 2.93. The second kappa shape index (κ2) is 6.36. The Kier molecular flexibility index (Phi) is 4.54. The second-order valence-electron chi connectivity index (χ2n) is 4.25. The molecule has 1 aromatic heterocycles. The molecule has 0 saturated carbocycles. The van der Waals surface area contributed by atoms with Gasteiger partial charge < -0.3 is 15.4 Å². The van der Waals surface area contributed by atoms with Crippen molar-refractivity contribution < 1.29 is 19.1 Å². The molecule has 1 aromatic carbocycles. The Morgan fingerprint density at radius 1 is 1.48 bits per heavy atom. The minimum Gasteiger partial charge on any atom is -0.480 e. The maximum Gasteiger partial charge on any atom is 0.326 e. The summed E-state index contributed by atoms with van der Waals surface area (Å²) >= 11 is 5.69. The van der Waals surface area contributed by atoms with Crippen LogP contribution in [-0.4, -0.2) is 33.0 Å². The third-order valence-corrected chi connectivity index (χ3v) is 3.16. The molecule has 0 aliphatic rings. The molecule has 0 aliphatic carbocycles. The number of nitrogens with zero attached hydrogens (tertiary/aromatic N) is 1. The molecule has 21 heavy (non-hydrogen) atoms. The molecular weight excluding hydrogens is 301 g/mol. The molecule has 8 heteroatoms. The Balaban J connectivity index is 2.15. The van der Waals surface area contributed by atoms with Crippen molar-refractivity contribution in [1.82, 2.24) is 15.3 Å². The van der Waals surface area contributed by atoms with Crippen molar-refractivity contribution in [2.45, 2.75) is 12.5 Å². The molecule has 2 rings (SSSR count). The maximum absolute atomic E-state index is 13.3. The van der Waals surface area contributed by atoms with E-state index in [1.165, 1.54) is 24.7 Å². The minimum absolute atomic E-state index is 0.0218. The van der Waals surface area contributed by atoms with E-state index in [2.05, 4.69) is 15.3 Å². The zero-order valence-electron chi connectivity index (χ0n) is 10.6. The molecule has 3 N–H and O–H groups in total. The van der Waals surface area contributed by atoms with E-state index in [4.69, 9.17) is 16.7 Å². The summed E-state index contributed by atoms with van der Waals surface area (Å²) in [6.45, 7) is 0. The van der Waals surface area contributed by atoms with Crippen LogP contribution in [0, 0.1) is 5.82 Å². The van der Waals surface area contributed by atoms with Crippen molar-refractivity contribution in [3.63, 3.8) is 0 Å². The van der Waals surface area contributed by atoms with Gasteiger partial charge in [-0.2, -0.15) is 0 Å². The van der Waals surface area contributed by atoms with E-state index in [0.29, 0.717) is 5.69 Å². The van der Waals surface area contributed by atoms with Gasteiger partial charge in [0, 0.05) is 18.3 Å². The standard InChI is InChI=1S/C13H11ClFN3O3/c14-11-8(2-1-3-9(11)15)12(19)18-10(13(20)21)4-7-5-16-6-17-7/h1-3,5-6,10H,4H2,(H,16,17)(H,18,19)(H,20,21). The average molecular weight is 312 g/mol. The van der Waals surface area contributed by atoms with Crippen LogP contribution >= 0.6 is 11.6 Å². The first-order valence-corrected chi connectivity index (χ1v) is 6.31. The number of H-pyrrole nitrogens is 1. The molecule has 0 saturated heterocycles. The molecule has 1 amide bonds. The van der Waals surface area contributed by atoms with Gasteiger partial charge in [-0.1, -0.05) is 17.7 Å². The van der Waals surface area contributed by atoms with Crippen LogP contribution in [0.4, 0.5) is 4.39 Å². The van der Waals surface area contributed by atoms with E-state index in [0.717, 1.165) is 6.07 Å². The molecule has 2 aromatic rings. The van der Waals surface area contributed by atoms with E-state index in [1.807, 2.05) is 0 Å². The van der Waals surface area contributed by atoms with Crippen LogP contribution < -0.4 is 5.32 Å². The largest absolute Gasteiger partial charge is 0.480 e. The number of nitrogens with one attached hydrogen (secondary N) is 2. The highest BCUT2D eigenvalue weighted by molar-refractivity contribution is 6.34. The smallest absolute Gasteiger partial charge is 0.326 e. The van der Waals surface area contributed by atoms with Gasteiger partial charge in [-0.25, -0.2) is 14.2 Å². The summed E-state index contributed by atoms with van der Waals surface area (Å²) in [5.41, 5.74) is 0.431. The summed E-state index contributed by atoms with van der Waals surface area (Å²) in [7, 11) is 0. The van der Waals surface area contributed by atoms with E-state index >= 15 is 0 Å². The summed E-state index contributed by atoms with van der Waals surface area (Å²) in [4.78, 5) is 29.7. The van der Waals surface area contributed by atoms with Crippen LogP contribution in [0.5, 0.6) is 0 Å². The van der Waals surface area contributed by atoms with Crippen molar-refractivity contribution in [3.05, 3.63) is 52.8 Å². The Morgan fingerprint density at radius 3 is 2.86 bits per heavy atom. The number of imidazole rings is 1. The molecule has 0 radical (unpaired) electrons. The van der Waals surface area contributed by atoms with Gasteiger partial charge in [0.05, 0.1) is 16.9 Å². The fourth-order valence-corrected chi connectivity index (χ4v) is 1.94. The summed E-state index contributed by atoms with van der Waals surface area (Å²) in [5, 5.41) is 11.1. The topological polar surface area (TPSA) is 95.1 Å². The highest BCUT2D eigenvalue weighted by Crippen LogP contribution is 2.19. The first-order valence-electron chi connectivity index (χ1n) is 5.94. The number of halogens is 2. The van der Waals surface area contributed by atoms with Crippen molar-refractivity contribution >= 4 is 23.5 Å². The van der Waals surface area contributed by atoms with Gasteiger partial charge in [-0.05, 0) is 12.1 Å². The highest BCUT2D eigenvalue weighted by atomic mass is 35.5. The SMILES string of the molecule is O=C(NC(Cc1cnc[nH]1)C(=O)O)c1cccc(F)c1Cl. The van der Waals surface area contributed by atoms with Gasteiger partial charge >= 0.3 is 5.97 Å². The normalized spacial score (nSPS) is 11.9. The van der Waals surface area contributed by atoms with Crippen LogP contribution in [0.25, 0.3) is 0 Å². The third kappa shape index (κ3) is 3.57. The number of carbonyl (C=O) groups is 2. The van der Waals surface area contributed by atoms with Gasteiger partial charge in [-0.3, -0.25) is 4.79 Å². The van der Waals surface area contributed by atoms with Crippen molar-refractivity contribution in [2.24, 2.45) is 0 Å². The zero-order valence-corrected chi connectivity index (χ0v) is 11.4. The summed E-state index contributed by atoms with van der Waals surface area (Å²) in [6, 6.07) is 2.56. The molecule has 6 nitrogen and oxygen atoms in total. The van der Waals surface area contributed by atoms with Gasteiger partial charge in [-0.15, -0.1) is 0 Å². The van der Waals surface area contributed by atoms with E-state index in [1.54, 1.807) is 0 Å². The van der Waals surface area contributed by atoms with Gasteiger partial charge in [0.1, 0.15) is 11.9 Å². The number of carboxylic acid groups (broad SMARTS) is 1. The monoisotopic (exact) mass is 311 g/mol. The number of aromatic nitrogens is 2. The van der Waals surface area contributed by atoms with Gasteiger partial charge in [0.15, 0.2) is 0 Å². The molecule has 0 bridgehead atoms. The lowest BCUT2D eigenvalue weighted by Gasteiger charge is -2.14. The summed E-state index contributed by atoms with van der Waals surface area (Å²) in [5.74, 6) is -2.72. The Labute approximate surface area is 124 Å². The van der Waals surface area contributed by atoms with Crippen molar-refractivity contribution in [2.75, 3.05) is 0 Å². The molecule has 0 aliphatic heterocycles. The van der Waals surface area contributed by atoms with Crippen LogP contribution in [0.2, 0.25) is 5.02 Å². The fourth-order valence-electron chi connectivity index (χ4n) is 1.73. The van der Waals surface area contributed by atoms with Crippen LogP contribution in [-0.2, 0) is 11.2 Å². The minimum atomic E-state index is -1.22. The molecular formula is C13H11ClFN3O3. The molecule has 110 valence electrons. The Morgan fingerprint density at radius 2 is 2.24 bits per heavy atom. The number of carbonyl (C=O) groups excluding carboxylic acids is 1. The lowest BCUT2D eigenvalue weighted by Crippen LogP contribution is -2.42. The molecule has 1 atom stereocenters. The van der Waals surface area contributed by atoms with Gasteiger partial charge in [0.25, 0.3) is 5.91 Å². The number of carboxylic acids is 1. The maximum atomic E-state index is 13.3. The quantitative estimate of drug-likeness (QED) is 0.782. The zero-order chi connectivity index (χ0) is 15.4. The predicted molar refractivity (Wildman–Crippen MR) is 72.6 cm³/mol. The first kappa shape index (κ1) is 15.0. The lowest BCUT2D eigenvalue weighted by molar-refractivity contribution is -0.139. The van der Waals surface area contributed by atoms with E-state index in [-0.39, 0.29) is 17.0 Å². The van der Waals surface area contributed by atoms with E-state index in [9.17, 15) is 14.0 Å². The second-order valence-corrected chi connectivity index (χ2v) is 4.62. The number of amides is 1. The predicted octanol–water partition coefficient (Wildman–Crippen LogP) is 1.63. The van der Waals surface area contributed by atoms with Crippen molar-refractivity contribution in [3.8, 4) is 0 Å². The number of rotatable bonds is 5. The fraction of sp³-hybridized carbons (Fsp3) is 0.154. The summed E-state index contributed by atoms with van der Waals surface area (Å²) in [6.07, 6.45) is 2.88. The number of hydrogen-bond acceptors (Lipinski definition) is 3. The Bertz CT molecular complexity index is 661. The number of hydrogen-bond donors (Lipinski definition) is 3. The van der Waals surface area contributed by atoms with Crippen LogP contribution in [0.15, 0.2) is 30.7 Å². The molecule has 0 fully saturated rings.